The van der Waals surface area contributed by atoms with Crippen molar-refractivity contribution >= 4 is 44.6 Å². The molecule has 0 aromatic heterocycles. The third-order valence-electron chi connectivity index (χ3n) is 3.05. The number of nitro benzene ring substituents is 1. The lowest BCUT2D eigenvalue weighted by Gasteiger charge is -2.17. The third kappa shape index (κ3) is 4.51. The molecule has 2 N–H and O–H groups in total. The fraction of sp³-hybridized carbons (Fsp3) is 0.133. The van der Waals surface area contributed by atoms with Gasteiger partial charge in [0.15, 0.2) is 5.11 Å². The van der Waals surface area contributed by atoms with Crippen molar-refractivity contribution in [2.24, 2.45) is 0 Å². The molecule has 22 heavy (non-hydrogen) atoms. The fourth-order valence-electron chi connectivity index (χ4n) is 1.87. The van der Waals surface area contributed by atoms with Gasteiger partial charge in [0.25, 0.3) is 5.69 Å². The smallest absolute Gasteiger partial charge is 0.269 e. The monoisotopic (exact) mass is 379 g/mol. The Labute approximate surface area is 142 Å². The molecule has 0 fully saturated rings. The molecule has 0 aliphatic heterocycles. The first-order valence-electron chi connectivity index (χ1n) is 6.53. The van der Waals surface area contributed by atoms with Crippen LogP contribution in [0.4, 0.5) is 11.4 Å². The minimum atomic E-state index is -0.435. The van der Waals surface area contributed by atoms with Crippen molar-refractivity contribution in [3.63, 3.8) is 0 Å². The molecular formula is C15H14BrN3O2S. The van der Waals surface area contributed by atoms with Gasteiger partial charge >= 0.3 is 0 Å². The number of anilines is 1. The van der Waals surface area contributed by atoms with E-state index in [1.807, 2.05) is 31.2 Å². The summed E-state index contributed by atoms with van der Waals surface area (Å²) in [6.07, 6.45) is 0. The third-order valence-corrected chi connectivity index (χ3v) is 3.80. The number of halogens is 1. The van der Waals surface area contributed by atoms with Crippen LogP contribution >= 0.6 is 28.1 Å². The van der Waals surface area contributed by atoms with Gasteiger partial charge in [-0.05, 0) is 49.0 Å². The lowest BCUT2D eigenvalue weighted by atomic mass is 10.1. The molecule has 1 atom stereocenters. The highest BCUT2D eigenvalue weighted by Crippen LogP contribution is 2.18. The van der Waals surface area contributed by atoms with Gasteiger partial charge in [0.05, 0.1) is 11.0 Å². The van der Waals surface area contributed by atoms with Crippen LogP contribution in [0, 0.1) is 10.1 Å². The number of benzene rings is 2. The van der Waals surface area contributed by atoms with Crippen LogP contribution in [0.25, 0.3) is 0 Å². The van der Waals surface area contributed by atoms with Gasteiger partial charge < -0.3 is 10.6 Å². The average Bonchev–Trinajstić information content (AvgIpc) is 2.48. The molecule has 0 saturated carbocycles. The molecule has 0 spiro atoms. The zero-order valence-corrected chi connectivity index (χ0v) is 14.1. The molecule has 114 valence electrons. The highest BCUT2D eigenvalue weighted by molar-refractivity contribution is 9.10. The molecule has 0 aliphatic rings. The molecule has 0 amide bonds. The number of nitrogens with one attached hydrogen (secondary N) is 2. The van der Waals surface area contributed by atoms with Gasteiger partial charge in [-0.1, -0.05) is 28.1 Å². The Morgan fingerprint density at radius 3 is 2.32 bits per heavy atom. The van der Waals surface area contributed by atoms with Crippen LogP contribution in [0.1, 0.15) is 18.5 Å². The maximum Gasteiger partial charge on any atom is 0.269 e. The molecule has 0 heterocycles. The zero-order chi connectivity index (χ0) is 16.1. The Morgan fingerprint density at radius 1 is 1.18 bits per heavy atom. The van der Waals surface area contributed by atoms with Gasteiger partial charge in [-0.15, -0.1) is 0 Å². The number of hydrogen-bond acceptors (Lipinski definition) is 3. The SMILES string of the molecule is C[C@@H](NC(=S)Nc1ccc([N+](=O)[O-])cc1)c1ccc(Br)cc1. The summed E-state index contributed by atoms with van der Waals surface area (Å²) >= 11 is 8.66. The number of nitro groups is 1. The Bertz CT molecular complexity index is 674. The van der Waals surface area contributed by atoms with E-state index in [0.717, 1.165) is 10.0 Å². The zero-order valence-electron chi connectivity index (χ0n) is 11.7. The molecule has 7 heteroatoms. The number of hydrogen-bond donors (Lipinski definition) is 2. The molecule has 0 radical (unpaired) electrons. The van der Waals surface area contributed by atoms with Crippen molar-refractivity contribution in [1.29, 1.82) is 0 Å². The van der Waals surface area contributed by atoms with Crippen molar-refractivity contribution in [3.8, 4) is 0 Å². The summed E-state index contributed by atoms with van der Waals surface area (Å²) in [4.78, 5) is 10.2. The van der Waals surface area contributed by atoms with Gasteiger partial charge in [-0.25, -0.2) is 0 Å². The van der Waals surface area contributed by atoms with E-state index in [2.05, 4.69) is 26.6 Å². The van der Waals surface area contributed by atoms with Crippen molar-refractivity contribution in [3.05, 3.63) is 68.7 Å². The van der Waals surface area contributed by atoms with Crippen molar-refractivity contribution in [2.45, 2.75) is 13.0 Å². The molecule has 5 nitrogen and oxygen atoms in total. The van der Waals surface area contributed by atoms with Crippen LogP contribution in [-0.2, 0) is 0 Å². The minimum absolute atomic E-state index is 0.0474. The molecular weight excluding hydrogens is 366 g/mol. The number of nitrogens with zero attached hydrogens (tertiary/aromatic N) is 1. The minimum Gasteiger partial charge on any atom is -0.356 e. The maximum absolute atomic E-state index is 10.6. The Balaban J connectivity index is 1.94. The Hall–Kier alpha value is -1.99. The van der Waals surface area contributed by atoms with Crippen LogP contribution in [0.3, 0.4) is 0 Å². The van der Waals surface area contributed by atoms with Crippen molar-refractivity contribution in [2.75, 3.05) is 5.32 Å². The highest BCUT2D eigenvalue weighted by atomic mass is 79.9. The van der Waals surface area contributed by atoms with Gasteiger partial charge in [0.2, 0.25) is 0 Å². The Kier molecular flexibility index (Phi) is 5.46. The number of rotatable bonds is 4. The molecule has 2 aromatic carbocycles. The second-order valence-electron chi connectivity index (χ2n) is 4.68. The summed E-state index contributed by atoms with van der Waals surface area (Å²) in [5.74, 6) is 0. The summed E-state index contributed by atoms with van der Waals surface area (Å²) in [7, 11) is 0. The van der Waals surface area contributed by atoms with Crippen LogP contribution in [0.15, 0.2) is 53.0 Å². The predicted molar refractivity (Wildman–Crippen MR) is 95.0 cm³/mol. The van der Waals surface area contributed by atoms with Gasteiger partial charge in [0, 0.05) is 22.3 Å². The summed E-state index contributed by atoms with van der Waals surface area (Å²) in [5, 5.41) is 17.2. The summed E-state index contributed by atoms with van der Waals surface area (Å²) in [6.45, 7) is 2.01. The summed E-state index contributed by atoms with van der Waals surface area (Å²) < 4.78 is 1.02. The Morgan fingerprint density at radius 2 is 1.77 bits per heavy atom. The molecule has 2 aromatic rings. The quantitative estimate of drug-likeness (QED) is 0.467. The first-order chi connectivity index (χ1) is 10.5. The van der Waals surface area contributed by atoms with E-state index in [0.29, 0.717) is 10.8 Å². The molecule has 0 saturated heterocycles. The molecule has 0 bridgehead atoms. The molecule has 0 aliphatic carbocycles. The summed E-state index contributed by atoms with van der Waals surface area (Å²) in [6, 6.07) is 14.1. The van der Waals surface area contributed by atoms with E-state index in [4.69, 9.17) is 12.2 Å². The van der Waals surface area contributed by atoms with Crippen LogP contribution < -0.4 is 10.6 Å². The topological polar surface area (TPSA) is 67.2 Å². The van der Waals surface area contributed by atoms with Gasteiger partial charge in [-0.3, -0.25) is 10.1 Å². The van der Waals surface area contributed by atoms with Crippen molar-refractivity contribution in [1.82, 2.24) is 5.32 Å². The van der Waals surface area contributed by atoms with E-state index in [9.17, 15) is 10.1 Å². The van der Waals surface area contributed by atoms with E-state index < -0.39 is 4.92 Å². The largest absolute Gasteiger partial charge is 0.356 e. The number of non-ortho nitro benzene ring substituents is 1. The average molecular weight is 380 g/mol. The van der Waals surface area contributed by atoms with E-state index in [1.165, 1.54) is 12.1 Å². The second-order valence-corrected chi connectivity index (χ2v) is 6.00. The second kappa shape index (κ2) is 7.33. The van der Waals surface area contributed by atoms with Gasteiger partial charge in [0.1, 0.15) is 0 Å². The normalized spacial score (nSPS) is 11.5. The highest BCUT2D eigenvalue weighted by Gasteiger charge is 2.08. The first kappa shape index (κ1) is 16.4. The lowest BCUT2D eigenvalue weighted by molar-refractivity contribution is -0.384. The standard InChI is InChI=1S/C15H14BrN3O2S/c1-10(11-2-4-12(16)5-3-11)17-15(22)18-13-6-8-14(9-7-13)19(20)21/h2-10H,1H3,(H2,17,18,22)/t10-/m1/s1. The lowest BCUT2D eigenvalue weighted by Crippen LogP contribution is -2.30. The van der Waals surface area contributed by atoms with E-state index >= 15 is 0 Å². The van der Waals surface area contributed by atoms with Gasteiger partial charge in [-0.2, -0.15) is 0 Å². The fourth-order valence-corrected chi connectivity index (χ4v) is 2.42. The van der Waals surface area contributed by atoms with E-state index in [-0.39, 0.29) is 11.7 Å². The molecule has 0 unspecified atom stereocenters. The molecule has 2 rings (SSSR count). The maximum atomic E-state index is 10.6. The van der Waals surface area contributed by atoms with Crippen LogP contribution in [0.2, 0.25) is 0 Å². The predicted octanol–water partition coefficient (Wildman–Crippen LogP) is 4.40. The number of thiocarbonyl (C=S) groups is 1. The van der Waals surface area contributed by atoms with Crippen LogP contribution in [-0.4, -0.2) is 10.0 Å². The van der Waals surface area contributed by atoms with Crippen molar-refractivity contribution < 1.29 is 4.92 Å². The van der Waals surface area contributed by atoms with E-state index in [1.54, 1.807) is 12.1 Å². The van der Waals surface area contributed by atoms with Crippen LogP contribution in [0.5, 0.6) is 0 Å². The summed E-state index contributed by atoms with van der Waals surface area (Å²) in [5.41, 5.74) is 1.86. The first-order valence-corrected chi connectivity index (χ1v) is 7.73.